The van der Waals surface area contributed by atoms with Crippen LogP contribution in [0.1, 0.15) is 65.0 Å². The lowest BCUT2D eigenvalue weighted by molar-refractivity contribution is -0.0285. The number of ether oxygens (including phenoxy) is 1. The van der Waals surface area contributed by atoms with Crippen molar-refractivity contribution in [2.75, 3.05) is 36.9 Å². The molecule has 3 heterocycles. The first kappa shape index (κ1) is 21.5. The number of anilines is 2. The second-order valence-corrected chi connectivity index (χ2v) is 7.81. The van der Waals surface area contributed by atoms with E-state index < -0.39 is 0 Å². The predicted octanol–water partition coefficient (Wildman–Crippen LogP) is 3.83. The van der Waals surface area contributed by atoms with Crippen LogP contribution >= 0.6 is 0 Å². The average Bonchev–Trinajstić information content (AvgIpc) is 3.10. The fourth-order valence-corrected chi connectivity index (χ4v) is 3.54. The molecule has 29 heavy (non-hydrogen) atoms. The van der Waals surface area contributed by atoms with Gasteiger partial charge in [-0.1, -0.05) is 24.5 Å². The number of rotatable bonds is 11. The van der Waals surface area contributed by atoms with E-state index in [9.17, 15) is 0 Å². The maximum Gasteiger partial charge on any atom is 0.207 e. The zero-order valence-corrected chi connectivity index (χ0v) is 17.8. The van der Waals surface area contributed by atoms with Gasteiger partial charge in [0.2, 0.25) is 5.95 Å². The van der Waals surface area contributed by atoms with Gasteiger partial charge in [0.15, 0.2) is 17.0 Å². The molecule has 1 aliphatic rings. The molecule has 1 unspecified atom stereocenters. The lowest BCUT2D eigenvalue weighted by Crippen LogP contribution is -2.21. The minimum atomic E-state index is -0.0333. The fraction of sp³-hybridized carbons (Fsp3) is 0.667. The van der Waals surface area contributed by atoms with Crippen LogP contribution in [0.4, 0.5) is 11.8 Å². The number of aromatic nitrogens is 4. The topological polar surface area (TPSA) is 103 Å². The summed E-state index contributed by atoms with van der Waals surface area (Å²) in [6.45, 7) is 7.30. The van der Waals surface area contributed by atoms with Gasteiger partial charge in [-0.05, 0) is 52.5 Å². The molecule has 3 rings (SSSR count). The molecule has 1 fully saturated rings. The first-order valence-corrected chi connectivity index (χ1v) is 10.9. The van der Waals surface area contributed by atoms with Crippen molar-refractivity contribution in [2.24, 2.45) is 5.73 Å². The summed E-state index contributed by atoms with van der Waals surface area (Å²) in [6.07, 6.45) is 11.5. The molecule has 0 amide bonds. The molecule has 0 aliphatic carbocycles. The Morgan fingerprint density at radius 3 is 2.83 bits per heavy atom. The van der Waals surface area contributed by atoms with E-state index in [1.54, 1.807) is 6.33 Å². The number of hydrogen-bond acceptors (Lipinski definition) is 7. The van der Waals surface area contributed by atoms with Gasteiger partial charge in [0, 0.05) is 19.7 Å². The van der Waals surface area contributed by atoms with Crippen LogP contribution in [0.5, 0.6) is 0 Å². The molecular formula is C21H35N7O. The Morgan fingerprint density at radius 1 is 1.21 bits per heavy atom. The molecule has 0 saturated carbocycles. The van der Waals surface area contributed by atoms with Crippen LogP contribution in [-0.4, -0.2) is 45.8 Å². The number of nitrogens with one attached hydrogen (secondary N) is 2. The van der Waals surface area contributed by atoms with Gasteiger partial charge in [-0.2, -0.15) is 0 Å². The summed E-state index contributed by atoms with van der Waals surface area (Å²) in [6, 6.07) is 0. The van der Waals surface area contributed by atoms with Gasteiger partial charge >= 0.3 is 0 Å². The van der Waals surface area contributed by atoms with Crippen molar-refractivity contribution < 1.29 is 4.74 Å². The monoisotopic (exact) mass is 401 g/mol. The van der Waals surface area contributed by atoms with E-state index in [1.807, 2.05) is 0 Å². The third-order valence-electron chi connectivity index (χ3n) is 5.11. The maximum atomic E-state index is 6.06. The Labute approximate surface area is 173 Å². The third-order valence-corrected chi connectivity index (χ3v) is 5.11. The van der Waals surface area contributed by atoms with Crippen LogP contribution in [0.3, 0.4) is 0 Å². The molecule has 4 N–H and O–H groups in total. The van der Waals surface area contributed by atoms with E-state index in [-0.39, 0.29) is 6.23 Å². The quantitative estimate of drug-likeness (QED) is 0.388. The van der Waals surface area contributed by atoms with E-state index in [2.05, 4.69) is 45.1 Å². The molecule has 0 bridgehead atoms. The van der Waals surface area contributed by atoms with Crippen LogP contribution in [0.2, 0.25) is 0 Å². The number of allylic oxidation sites excluding steroid dienone is 1. The molecule has 0 radical (unpaired) electrons. The Bertz CT molecular complexity index is 792. The van der Waals surface area contributed by atoms with E-state index in [0.29, 0.717) is 6.54 Å². The average molecular weight is 402 g/mol. The van der Waals surface area contributed by atoms with Crippen LogP contribution in [0.15, 0.2) is 18.0 Å². The second-order valence-electron chi connectivity index (χ2n) is 7.81. The molecule has 1 saturated heterocycles. The summed E-state index contributed by atoms with van der Waals surface area (Å²) < 4.78 is 8.17. The maximum absolute atomic E-state index is 6.06. The molecule has 2 aromatic rings. The highest BCUT2D eigenvalue weighted by Gasteiger charge is 2.24. The standard InChI is InChI=1S/C21H35N7O/c1-16(2)10-13-23-19-18-20(26-15-25-19)28(17-9-5-8-14-29-17)21(27-18)24-12-7-4-3-6-11-22/h10,15,17H,3-9,11-14,22H2,1-2H3,(H,24,27)(H,23,25,26). The first-order chi connectivity index (χ1) is 14.2. The van der Waals surface area contributed by atoms with Gasteiger partial charge in [-0.3, -0.25) is 4.57 Å². The number of nitrogens with two attached hydrogens (primary N) is 1. The highest BCUT2D eigenvalue weighted by molar-refractivity contribution is 5.85. The van der Waals surface area contributed by atoms with Gasteiger partial charge in [-0.25, -0.2) is 15.0 Å². The molecule has 0 spiro atoms. The summed E-state index contributed by atoms with van der Waals surface area (Å²) in [7, 11) is 0. The Morgan fingerprint density at radius 2 is 2.07 bits per heavy atom. The Balaban J connectivity index is 1.81. The molecule has 1 aliphatic heterocycles. The highest BCUT2D eigenvalue weighted by Crippen LogP contribution is 2.31. The molecule has 8 heteroatoms. The predicted molar refractivity (Wildman–Crippen MR) is 118 cm³/mol. The number of unbranched alkanes of at least 4 members (excludes halogenated alkanes) is 3. The SMILES string of the molecule is CC(C)=CCNc1ncnc2c1nc(NCCCCCCN)n2C1CCCCO1. The Hall–Kier alpha value is -2.19. The number of nitrogens with zero attached hydrogens (tertiary/aromatic N) is 4. The van der Waals surface area contributed by atoms with Crippen molar-refractivity contribution in [3.8, 4) is 0 Å². The summed E-state index contributed by atoms with van der Waals surface area (Å²) in [5, 5.41) is 6.88. The van der Waals surface area contributed by atoms with E-state index in [4.69, 9.17) is 15.5 Å². The first-order valence-electron chi connectivity index (χ1n) is 10.9. The lowest BCUT2D eigenvalue weighted by atomic mass is 10.2. The molecule has 8 nitrogen and oxygen atoms in total. The van der Waals surface area contributed by atoms with Gasteiger partial charge in [0.25, 0.3) is 0 Å². The third kappa shape index (κ3) is 5.90. The molecule has 160 valence electrons. The molecule has 2 aromatic heterocycles. The zero-order valence-electron chi connectivity index (χ0n) is 17.8. The molecular weight excluding hydrogens is 366 g/mol. The van der Waals surface area contributed by atoms with E-state index in [0.717, 1.165) is 74.7 Å². The normalized spacial score (nSPS) is 16.7. The van der Waals surface area contributed by atoms with Crippen molar-refractivity contribution in [1.29, 1.82) is 0 Å². The lowest BCUT2D eigenvalue weighted by Gasteiger charge is -2.25. The highest BCUT2D eigenvalue weighted by atomic mass is 16.5. The molecule has 1 atom stereocenters. The number of fused-ring (bicyclic) bond motifs is 1. The van der Waals surface area contributed by atoms with E-state index >= 15 is 0 Å². The van der Waals surface area contributed by atoms with Crippen molar-refractivity contribution in [3.05, 3.63) is 18.0 Å². The van der Waals surface area contributed by atoms with Crippen LogP contribution in [0.25, 0.3) is 11.2 Å². The summed E-state index contributed by atoms with van der Waals surface area (Å²) >= 11 is 0. The Kier molecular flexibility index (Phi) is 8.25. The number of hydrogen-bond donors (Lipinski definition) is 3. The van der Waals surface area contributed by atoms with Crippen molar-refractivity contribution in [2.45, 2.75) is 65.0 Å². The van der Waals surface area contributed by atoms with E-state index in [1.165, 1.54) is 18.4 Å². The van der Waals surface area contributed by atoms with Crippen LogP contribution in [-0.2, 0) is 4.74 Å². The van der Waals surface area contributed by atoms with Crippen LogP contribution in [0, 0.1) is 0 Å². The number of imidazole rings is 1. The van der Waals surface area contributed by atoms with Gasteiger partial charge < -0.3 is 21.1 Å². The largest absolute Gasteiger partial charge is 0.365 e. The minimum absolute atomic E-state index is 0.0333. The van der Waals surface area contributed by atoms with Gasteiger partial charge in [0.05, 0.1) is 0 Å². The van der Waals surface area contributed by atoms with Crippen molar-refractivity contribution in [3.63, 3.8) is 0 Å². The van der Waals surface area contributed by atoms with Gasteiger partial charge in [-0.15, -0.1) is 0 Å². The zero-order chi connectivity index (χ0) is 20.5. The van der Waals surface area contributed by atoms with Gasteiger partial charge in [0.1, 0.15) is 12.6 Å². The summed E-state index contributed by atoms with van der Waals surface area (Å²) in [4.78, 5) is 13.8. The smallest absolute Gasteiger partial charge is 0.207 e. The van der Waals surface area contributed by atoms with Crippen molar-refractivity contribution in [1.82, 2.24) is 19.5 Å². The van der Waals surface area contributed by atoms with Crippen LogP contribution < -0.4 is 16.4 Å². The second kappa shape index (κ2) is 11.1. The fourth-order valence-electron chi connectivity index (χ4n) is 3.54. The summed E-state index contributed by atoms with van der Waals surface area (Å²) in [5.41, 5.74) is 8.45. The van der Waals surface area contributed by atoms with Crippen molar-refractivity contribution >= 4 is 22.9 Å². The molecule has 0 aromatic carbocycles. The minimum Gasteiger partial charge on any atom is -0.365 e. The summed E-state index contributed by atoms with van der Waals surface area (Å²) in [5.74, 6) is 1.57.